The van der Waals surface area contributed by atoms with Crippen LogP contribution < -0.4 is 10.1 Å². The van der Waals surface area contributed by atoms with Gasteiger partial charge in [0.25, 0.3) is 5.91 Å². The first-order chi connectivity index (χ1) is 11.2. The first kappa shape index (κ1) is 15.3. The van der Waals surface area contributed by atoms with Crippen LogP contribution in [-0.4, -0.2) is 18.0 Å². The van der Waals surface area contributed by atoms with E-state index in [1.807, 2.05) is 43.3 Å². The van der Waals surface area contributed by atoms with Crippen molar-refractivity contribution >= 4 is 17.2 Å². The van der Waals surface area contributed by atoms with Gasteiger partial charge in [-0.25, -0.2) is 4.98 Å². The van der Waals surface area contributed by atoms with Gasteiger partial charge >= 0.3 is 0 Å². The van der Waals surface area contributed by atoms with Crippen LogP contribution in [0.3, 0.4) is 0 Å². The first-order valence-electron chi connectivity index (χ1n) is 7.09. The van der Waals surface area contributed by atoms with Crippen molar-refractivity contribution < 1.29 is 13.9 Å². The molecule has 5 nitrogen and oxygen atoms in total. The van der Waals surface area contributed by atoms with E-state index in [9.17, 15) is 4.79 Å². The van der Waals surface area contributed by atoms with Crippen LogP contribution in [0.25, 0.3) is 10.6 Å². The number of thiophene rings is 1. The van der Waals surface area contributed by atoms with Gasteiger partial charge in [0.05, 0.1) is 12.0 Å². The van der Waals surface area contributed by atoms with Gasteiger partial charge in [-0.2, -0.15) is 0 Å². The molecule has 0 unspecified atom stereocenters. The number of nitrogens with one attached hydrogen (secondary N) is 1. The van der Waals surface area contributed by atoms with Crippen LogP contribution in [0.1, 0.15) is 20.9 Å². The van der Waals surface area contributed by atoms with Crippen LogP contribution in [0.5, 0.6) is 5.75 Å². The topological polar surface area (TPSA) is 64.4 Å². The highest BCUT2D eigenvalue weighted by Gasteiger charge is 2.19. The standard InChI is InChI=1S/C17H16N2O3S/c1-11-6-7-14(23-11)16-15(19-10-22-16)17(20)18-9-12-4-3-5-13(8-12)21-2/h3-8,10H,9H2,1-2H3,(H,18,20). The molecule has 3 aromatic rings. The van der Waals surface area contributed by atoms with Gasteiger partial charge in [0.15, 0.2) is 17.8 Å². The molecule has 0 atom stereocenters. The van der Waals surface area contributed by atoms with Gasteiger partial charge in [-0.1, -0.05) is 12.1 Å². The van der Waals surface area contributed by atoms with Crippen molar-refractivity contribution in [1.82, 2.24) is 10.3 Å². The molecule has 0 bridgehead atoms. The Morgan fingerprint density at radius 2 is 2.22 bits per heavy atom. The summed E-state index contributed by atoms with van der Waals surface area (Å²) in [5, 5.41) is 2.86. The number of carbonyl (C=O) groups is 1. The number of hydrogen-bond donors (Lipinski definition) is 1. The van der Waals surface area contributed by atoms with E-state index in [1.165, 1.54) is 6.39 Å². The molecular weight excluding hydrogens is 312 g/mol. The predicted octanol–water partition coefficient (Wildman–Crippen LogP) is 3.65. The fourth-order valence-electron chi connectivity index (χ4n) is 2.19. The maximum atomic E-state index is 12.4. The number of nitrogens with zero attached hydrogens (tertiary/aromatic N) is 1. The molecule has 0 aliphatic heterocycles. The first-order valence-corrected chi connectivity index (χ1v) is 7.90. The van der Waals surface area contributed by atoms with E-state index in [0.717, 1.165) is 21.1 Å². The molecule has 23 heavy (non-hydrogen) atoms. The summed E-state index contributed by atoms with van der Waals surface area (Å²) in [6.45, 7) is 2.40. The van der Waals surface area contributed by atoms with E-state index in [0.29, 0.717) is 18.0 Å². The molecule has 0 fully saturated rings. The number of hydrogen-bond acceptors (Lipinski definition) is 5. The molecule has 0 spiro atoms. The Labute approximate surface area is 137 Å². The Hall–Kier alpha value is -2.60. The normalized spacial score (nSPS) is 10.5. The van der Waals surface area contributed by atoms with Crippen LogP contribution in [-0.2, 0) is 6.54 Å². The van der Waals surface area contributed by atoms with Crippen LogP contribution >= 0.6 is 11.3 Å². The predicted molar refractivity (Wildman–Crippen MR) is 88.7 cm³/mol. The minimum absolute atomic E-state index is 0.261. The Kier molecular flexibility index (Phi) is 4.43. The number of carbonyl (C=O) groups excluding carboxylic acids is 1. The van der Waals surface area contributed by atoms with E-state index in [1.54, 1.807) is 18.4 Å². The molecule has 1 N–H and O–H groups in total. The summed E-state index contributed by atoms with van der Waals surface area (Å²) in [6, 6.07) is 11.5. The van der Waals surface area contributed by atoms with Crippen LogP contribution in [0.15, 0.2) is 47.2 Å². The number of aryl methyl sites for hydroxylation is 1. The zero-order chi connectivity index (χ0) is 16.2. The van der Waals surface area contributed by atoms with Crippen molar-refractivity contribution in [1.29, 1.82) is 0 Å². The maximum absolute atomic E-state index is 12.4. The smallest absolute Gasteiger partial charge is 0.274 e. The maximum Gasteiger partial charge on any atom is 0.274 e. The van der Waals surface area contributed by atoms with Crippen LogP contribution in [0, 0.1) is 6.92 Å². The molecule has 2 heterocycles. The molecule has 3 rings (SSSR count). The number of methoxy groups -OCH3 is 1. The minimum Gasteiger partial charge on any atom is -0.497 e. The van der Waals surface area contributed by atoms with Gasteiger partial charge < -0.3 is 14.5 Å². The lowest BCUT2D eigenvalue weighted by molar-refractivity contribution is 0.0946. The Bertz CT molecular complexity index is 823. The van der Waals surface area contributed by atoms with Gasteiger partial charge in [0, 0.05) is 11.4 Å². The van der Waals surface area contributed by atoms with Gasteiger partial charge in [-0.15, -0.1) is 11.3 Å². The third-order valence-electron chi connectivity index (χ3n) is 3.33. The molecule has 1 amide bonds. The van der Waals surface area contributed by atoms with Crippen molar-refractivity contribution in [2.24, 2.45) is 0 Å². The molecule has 118 valence electrons. The monoisotopic (exact) mass is 328 g/mol. The summed E-state index contributed by atoms with van der Waals surface area (Å²) in [5.41, 5.74) is 1.25. The van der Waals surface area contributed by atoms with E-state index in [4.69, 9.17) is 9.15 Å². The fraction of sp³-hybridized carbons (Fsp3) is 0.176. The fourth-order valence-corrected chi connectivity index (χ4v) is 3.04. The second-order valence-corrected chi connectivity index (χ2v) is 6.26. The Morgan fingerprint density at radius 1 is 1.35 bits per heavy atom. The summed E-state index contributed by atoms with van der Waals surface area (Å²) in [5.74, 6) is 1.00. The zero-order valence-electron chi connectivity index (χ0n) is 12.8. The Morgan fingerprint density at radius 3 is 2.96 bits per heavy atom. The lowest BCUT2D eigenvalue weighted by Gasteiger charge is -2.06. The number of aromatic nitrogens is 1. The quantitative estimate of drug-likeness (QED) is 0.776. The number of ether oxygens (including phenoxy) is 1. The van der Waals surface area contributed by atoms with Gasteiger partial charge in [0.1, 0.15) is 5.75 Å². The van der Waals surface area contributed by atoms with E-state index >= 15 is 0 Å². The summed E-state index contributed by atoms with van der Waals surface area (Å²) in [4.78, 5) is 18.5. The largest absolute Gasteiger partial charge is 0.497 e. The number of amides is 1. The number of rotatable bonds is 5. The molecule has 6 heteroatoms. The zero-order valence-corrected chi connectivity index (χ0v) is 13.6. The third-order valence-corrected chi connectivity index (χ3v) is 4.33. The Balaban J connectivity index is 1.73. The van der Waals surface area contributed by atoms with Crippen molar-refractivity contribution in [3.8, 4) is 16.4 Å². The molecular formula is C17H16N2O3S. The van der Waals surface area contributed by atoms with Crippen molar-refractivity contribution in [2.75, 3.05) is 7.11 Å². The van der Waals surface area contributed by atoms with Crippen molar-refractivity contribution in [3.63, 3.8) is 0 Å². The summed E-state index contributed by atoms with van der Waals surface area (Å²) < 4.78 is 10.6. The summed E-state index contributed by atoms with van der Waals surface area (Å²) in [6.07, 6.45) is 1.30. The highest BCUT2D eigenvalue weighted by atomic mass is 32.1. The van der Waals surface area contributed by atoms with E-state index < -0.39 is 0 Å². The van der Waals surface area contributed by atoms with Gasteiger partial charge in [0.2, 0.25) is 0 Å². The molecule has 1 aromatic carbocycles. The van der Waals surface area contributed by atoms with Crippen molar-refractivity contribution in [2.45, 2.75) is 13.5 Å². The molecule has 0 saturated carbocycles. The SMILES string of the molecule is COc1cccc(CNC(=O)c2ncoc2-c2ccc(C)s2)c1. The van der Waals surface area contributed by atoms with Gasteiger partial charge in [-0.05, 0) is 36.8 Å². The average Bonchev–Trinajstić information content (AvgIpc) is 3.21. The van der Waals surface area contributed by atoms with Crippen LogP contribution in [0.4, 0.5) is 0 Å². The third kappa shape index (κ3) is 3.43. The lowest BCUT2D eigenvalue weighted by atomic mass is 10.2. The second-order valence-electron chi connectivity index (χ2n) is 4.97. The van der Waals surface area contributed by atoms with Gasteiger partial charge in [-0.3, -0.25) is 4.79 Å². The van der Waals surface area contributed by atoms with E-state index in [-0.39, 0.29) is 5.91 Å². The molecule has 0 radical (unpaired) electrons. The molecule has 0 saturated heterocycles. The second kappa shape index (κ2) is 6.66. The minimum atomic E-state index is -0.261. The summed E-state index contributed by atoms with van der Waals surface area (Å²) in [7, 11) is 1.61. The molecule has 0 aliphatic rings. The van der Waals surface area contributed by atoms with Crippen molar-refractivity contribution in [3.05, 3.63) is 58.9 Å². The number of benzene rings is 1. The number of oxazole rings is 1. The lowest BCUT2D eigenvalue weighted by Crippen LogP contribution is -2.23. The van der Waals surface area contributed by atoms with Crippen LogP contribution in [0.2, 0.25) is 0 Å². The van der Waals surface area contributed by atoms with E-state index in [2.05, 4.69) is 10.3 Å². The molecule has 2 aromatic heterocycles. The highest BCUT2D eigenvalue weighted by molar-refractivity contribution is 7.15. The summed E-state index contributed by atoms with van der Waals surface area (Å²) >= 11 is 1.57. The highest BCUT2D eigenvalue weighted by Crippen LogP contribution is 2.30. The molecule has 0 aliphatic carbocycles. The average molecular weight is 328 g/mol.